The summed E-state index contributed by atoms with van der Waals surface area (Å²) in [4.78, 5) is 22.9. The van der Waals surface area contributed by atoms with Crippen LogP contribution in [0, 0.1) is 0 Å². The monoisotopic (exact) mass is 279 g/mol. The van der Waals surface area contributed by atoms with E-state index in [1.165, 1.54) is 18.2 Å². The molecule has 108 valence electrons. The molecule has 1 rings (SSSR count). The first-order valence-corrected chi connectivity index (χ1v) is 6.28. The lowest BCUT2D eigenvalue weighted by molar-refractivity contribution is 0.0894. The van der Waals surface area contributed by atoms with Crippen LogP contribution in [0.1, 0.15) is 34.1 Å². The molecule has 1 atom stereocenters. The molecule has 6 nitrogen and oxygen atoms in total. The molecule has 1 aromatic rings. The molecular weight excluding hydrogens is 261 g/mol. The predicted octanol–water partition coefficient (Wildman–Crippen LogP) is -0.666. The summed E-state index contributed by atoms with van der Waals surface area (Å²) in [5, 5.41) is 21.0. The standard InChI is InChI=1S/C13H18BNO5/c1-3-11(8-20-2)15-13(17)9-4-5-12(14(18)19)10(6-9)7-16/h4-7,11,18-19H,3,8H2,1-2H3,(H,15,17). The first kappa shape index (κ1) is 16.4. The second-order valence-electron chi connectivity index (χ2n) is 4.37. The molecule has 20 heavy (non-hydrogen) atoms. The topological polar surface area (TPSA) is 95.9 Å². The Bertz CT molecular complexity index is 478. The smallest absolute Gasteiger partial charge is 0.423 e. The quantitative estimate of drug-likeness (QED) is 0.454. The van der Waals surface area contributed by atoms with Crippen LogP contribution < -0.4 is 10.8 Å². The van der Waals surface area contributed by atoms with Crippen molar-refractivity contribution in [3.8, 4) is 0 Å². The number of hydrogen-bond acceptors (Lipinski definition) is 5. The number of ether oxygens (including phenoxy) is 1. The summed E-state index contributed by atoms with van der Waals surface area (Å²) < 4.78 is 4.99. The summed E-state index contributed by atoms with van der Waals surface area (Å²) in [5.74, 6) is -0.337. The van der Waals surface area contributed by atoms with Crippen LogP contribution in [0.4, 0.5) is 0 Å². The molecule has 3 N–H and O–H groups in total. The molecule has 1 unspecified atom stereocenters. The van der Waals surface area contributed by atoms with Crippen molar-refractivity contribution in [2.45, 2.75) is 19.4 Å². The van der Waals surface area contributed by atoms with Crippen LogP contribution >= 0.6 is 0 Å². The van der Waals surface area contributed by atoms with Gasteiger partial charge < -0.3 is 20.1 Å². The van der Waals surface area contributed by atoms with Crippen LogP contribution in [0.3, 0.4) is 0 Å². The Labute approximate surface area is 117 Å². The molecule has 0 fully saturated rings. The Hall–Kier alpha value is -1.70. The second kappa shape index (κ2) is 7.79. The first-order chi connectivity index (χ1) is 9.53. The van der Waals surface area contributed by atoms with Crippen molar-refractivity contribution in [2.24, 2.45) is 0 Å². The molecule has 0 aliphatic heterocycles. The average Bonchev–Trinajstić information content (AvgIpc) is 2.45. The number of nitrogens with one attached hydrogen (secondary N) is 1. The Kier molecular flexibility index (Phi) is 6.37. The zero-order chi connectivity index (χ0) is 15.1. The van der Waals surface area contributed by atoms with Gasteiger partial charge in [0.15, 0.2) is 0 Å². The van der Waals surface area contributed by atoms with E-state index < -0.39 is 7.12 Å². The van der Waals surface area contributed by atoms with E-state index in [1.54, 1.807) is 7.11 Å². The summed E-state index contributed by atoms with van der Waals surface area (Å²) in [6, 6.07) is 4.00. The highest BCUT2D eigenvalue weighted by atomic mass is 16.5. The number of rotatable bonds is 7. The van der Waals surface area contributed by atoms with Crippen LogP contribution in [-0.4, -0.2) is 49.1 Å². The molecular formula is C13H18BNO5. The van der Waals surface area contributed by atoms with E-state index in [-0.39, 0.29) is 28.5 Å². The Morgan fingerprint density at radius 3 is 2.70 bits per heavy atom. The minimum atomic E-state index is -1.75. The van der Waals surface area contributed by atoms with Gasteiger partial charge in [-0.15, -0.1) is 0 Å². The maximum Gasteiger partial charge on any atom is 0.489 e. The lowest BCUT2D eigenvalue weighted by Gasteiger charge is -2.16. The highest BCUT2D eigenvalue weighted by molar-refractivity contribution is 6.60. The van der Waals surface area contributed by atoms with Crippen LogP contribution in [0.5, 0.6) is 0 Å². The molecule has 1 aromatic carbocycles. The number of carbonyl (C=O) groups excluding carboxylic acids is 2. The number of hydrogen-bond donors (Lipinski definition) is 3. The van der Waals surface area contributed by atoms with Crippen molar-refractivity contribution in [1.82, 2.24) is 5.32 Å². The van der Waals surface area contributed by atoms with Crippen molar-refractivity contribution in [1.29, 1.82) is 0 Å². The normalized spacial score (nSPS) is 11.8. The SMILES string of the molecule is CCC(COC)NC(=O)c1ccc(B(O)O)c(C=O)c1. The lowest BCUT2D eigenvalue weighted by Crippen LogP contribution is -2.38. The van der Waals surface area contributed by atoms with Gasteiger partial charge in [-0.1, -0.05) is 13.0 Å². The summed E-state index contributed by atoms with van der Waals surface area (Å²) in [6.45, 7) is 2.32. The Morgan fingerprint density at radius 2 is 2.20 bits per heavy atom. The zero-order valence-electron chi connectivity index (χ0n) is 11.5. The maximum absolute atomic E-state index is 12.0. The summed E-state index contributed by atoms with van der Waals surface area (Å²) in [5.41, 5.74) is 0.430. The molecule has 0 aliphatic rings. The van der Waals surface area contributed by atoms with Gasteiger partial charge in [0.2, 0.25) is 0 Å². The minimum Gasteiger partial charge on any atom is -0.423 e. The number of carbonyl (C=O) groups is 2. The maximum atomic E-state index is 12.0. The molecule has 0 heterocycles. The zero-order valence-corrected chi connectivity index (χ0v) is 11.5. The van der Waals surface area contributed by atoms with Gasteiger partial charge in [0.1, 0.15) is 6.29 Å². The number of methoxy groups -OCH3 is 1. The molecule has 0 saturated heterocycles. The van der Waals surface area contributed by atoms with Gasteiger partial charge in [-0.25, -0.2) is 0 Å². The van der Waals surface area contributed by atoms with E-state index in [9.17, 15) is 9.59 Å². The molecule has 0 aliphatic carbocycles. The van der Waals surface area contributed by atoms with E-state index in [1.807, 2.05) is 6.92 Å². The van der Waals surface area contributed by atoms with Crippen LogP contribution in [0.2, 0.25) is 0 Å². The van der Waals surface area contributed by atoms with E-state index in [0.29, 0.717) is 19.3 Å². The molecule has 0 radical (unpaired) electrons. The number of amides is 1. The molecule has 7 heteroatoms. The van der Waals surface area contributed by atoms with Gasteiger partial charge in [-0.05, 0) is 24.0 Å². The van der Waals surface area contributed by atoms with E-state index in [4.69, 9.17) is 14.8 Å². The van der Waals surface area contributed by atoms with Gasteiger partial charge in [-0.3, -0.25) is 9.59 Å². The van der Waals surface area contributed by atoms with Gasteiger partial charge >= 0.3 is 7.12 Å². The molecule has 0 saturated carbocycles. The third kappa shape index (κ3) is 4.16. The molecule has 0 spiro atoms. The van der Waals surface area contributed by atoms with Gasteiger partial charge in [0, 0.05) is 18.2 Å². The third-order valence-corrected chi connectivity index (χ3v) is 2.95. The summed E-state index contributed by atoms with van der Waals surface area (Å²) in [7, 11) is -0.194. The molecule has 1 amide bonds. The van der Waals surface area contributed by atoms with E-state index in [2.05, 4.69) is 5.32 Å². The third-order valence-electron chi connectivity index (χ3n) is 2.95. The first-order valence-electron chi connectivity index (χ1n) is 6.28. The average molecular weight is 279 g/mol. The van der Waals surface area contributed by atoms with Crippen molar-refractivity contribution < 1.29 is 24.4 Å². The van der Waals surface area contributed by atoms with E-state index >= 15 is 0 Å². The molecule has 0 bridgehead atoms. The van der Waals surface area contributed by atoms with Crippen molar-refractivity contribution in [3.05, 3.63) is 29.3 Å². The van der Waals surface area contributed by atoms with Crippen LogP contribution in [-0.2, 0) is 4.74 Å². The Balaban J connectivity index is 2.91. The van der Waals surface area contributed by atoms with Crippen LogP contribution in [0.15, 0.2) is 18.2 Å². The largest absolute Gasteiger partial charge is 0.489 e. The summed E-state index contributed by atoms with van der Waals surface area (Å²) >= 11 is 0. The fourth-order valence-electron chi connectivity index (χ4n) is 1.78. The van der Waals surface area contributed by atoms with Crippen molar-refractivity contribution >= 4 is 24.8 Å². The lowest BCUT2D eigenvalue weighted by atomic mass is 9.77. The summed E-state index contributed by atoms with van der Waals surface area (Å²) in [6.07, 6.45) is 1.20. The number of benzene rings is 1. The van der Waals surface area contributed by atoms with Gasteiger partial charge in [0.25, 0.3) is 5.91 Å². The van der Waals surface area contributed by atoms with E-state index in [0.717, 1.165) is 0 Å². The predicted molar refractivity (Wildman–Crippen MR) is 75.1 cm³/mol. The number of aldehydes is 1. The fourth-order valence-corrected chi connectivity index (χ4v) is 1.78. The Morgan fingerprint density at radius 1 is 1.50 bits per heavy atom. The van der Waals surface area contributed by atoms with Crippen LogP contribution in [0.25, 0.3) is 0 Å². The van der Waals surface area contributed by atoms with Gasteiger partial charge in [0.05, 0.1) is 12.6 Å². The minimum absolute atomic E-state index is 0.0699. The highest BCUT2D eigenvalue weighted by Gasteiger charge is 2.18. The van der Waals surface area contributed by atoms with Crippen molar-refractivity contribution in [3.63, 3.8) is 0 Å². The fraction of sp³-hybridized carbons (Fsp3) is 0.385. The van der Waals surface area contributed by atoms with Gasteiger partial charge in [-0.2, -0.15) is 0 Å². The van der Waals surface area contributed by atoms with Crippen molar-refractivity contribution in [2.75, 3.05) is 13.7 Å². The second-order valence-corrected chi connectivity index (χ2v) is 4.37. The highest BCUT2D eigenvalue weighted by Crippen LogP contribution is 2.04. The molecule has 0 aromatic heterocycles.